The molecule has 0 bridgehead atoms. The van der Waals surface area contributed by atoms with E-state index in [1.807, 2.05) is 37.3 Å². The van der Waals surface area contributed by atoms with Gasteiger partial charge in [0.05, 0.1) is 6.04 Å². The largest absolute Gasteiger partial charge is 0.293 e. The lowest BCUT2D eigenvalue weighted by Gasteiger charge is -2.35. The standard InChI is InChI=1S/C21H25NO/c1-17(21(23)20-10-6-3-7-11-20)22-14-12-19(13-15-22)16-18-8-4-2-5-9-18/h2-11,17,19H,12-16H2,1H3. The highest BCUT2D eigenvalue weighted by Crippen LogP contribution is 2.23. The van der Waals surface area contributed by atoms with Crippen LogP contribution < -0.4 is 0 Å². The van der Waals surface area contributed by atoms with Crippen LogP contribution in [0.5, 0.6) is 0 Å². The first-order valence-corrected chi connectivity index (χ1v) is 8.61. The molecule has 0 N–H and O–H groups in total. The van der Waals surface area contributed by atoms with Crippen LogP contribution in [-0.4, -0.2) is 29.8 Å². The second kappa shape index (κ2) is 7.56. The molecule has 2 aromatic carbocycles. The van der Waals surface area contributed by atoms with Crippen molar-refractivity contribution in [2.45, 2.75) is 32.2 Å². The average Bonchev–Trinajstić information content (AvgIpc) is 2.63. The van der Waals surface area contributed by atoms with Gasteiger partial charge in [-0.3, -0.25) is 9.69 Å². The van der Waals surface area contributed by atoms with E-state index in [9.17, 15) is 4.79 Å². The number of benzene rings is 2. The Morgan fingerprint density at radius 3 is 2.17 bits per heavy atom. The number of Topliss-reactive ketones (excluding diaryl/α,β-unsaturated/α-hetero) is 1. The van der Waals surface area contributed by atoms with Crippen molar-refractivity contribution in [2.24, 2.45) is 5.92 Å². The fourth-order valence-corrected chi connectivity index (χ4v) is 3.50. The average molecular weight is 307 g/mol. The van der Waals surface area contributed by atoms with Crippen molar-refractivity contribution in [3.8, 4) is 0 Å². The van der Waals surface area contributed by atoms with Gasteiger partial charge in [-0.2, -0.15) is 0 Å². The fraction of sp³-hybridized carbons (Fsp3) is 0.381. The van der Waals surface area contributed by atoms with Gasteiger partial charge in [0.1, 0.15) is 0 Å². The van der Waals surface area contributed by atoms with E-state index in [4.69, 9.17) is 0 Å². The van der Waals surface area contributed by atoms with Crippen molar-refractivity contribution in [2.75, 3.05) is 13.1 Å². The summed E-state index contributed by atoms with van der Waals surface area (Å²) in [5, 5.41) is 0. The summed E-state index contributed by atoms with van der Waals surface area (Å²) in [5.74, 6) is 0.986. The van der Waals surface area contributed by atoms with Crippen molar-refractivity contribution < 1.29 is 4.79 Å². The van der Waals surface area contributed by atoms with E-state index < -0.39 is 0 Å². The van der Waals surface area contributed by atoms with E-state index in [0.717, 1.165) is 31.0 Å². The molecule has 0 amide bonds. The fourth-order valence-electron chi connectivity index (χ4n) is 3.50. The third-order valence-electron chi connectivity index (χ3n) is 5.00. The zero-order chi connectivity index (χ0) is 16.1. The zero-order valence-corrected chi connectivity index (χ0v) is 13.8. The molecule has 2 heteroatoms. The minimum atomic E-state index is -0.0184. The molecule has 23 heavy (non-hydrogen) atoms. The van der Waals surface area contributed by atoms with E-state index in [2.05, 4.69) is 35.2 Å². The summed E-state index contributed by atoms with van der Waals surface area (Å²) < 4.78 is 0. The van der Waals surface area contributed by atoms with Crippen molar-refractivity contribution in [3.05, 3.63) is 71.8 Å². The molecule has 1 heterocycles. The van der Waals surface area contributed by atoms with Crippen molar-refractivity contribution in [1.82, 2.24) is 4.90 Å². The van der Waals surface area contributed by atoms with Gasteiger partial charge in [-0.1, -0.05) is 60.7 Å². The Balaban J connectivity index is 1.53. The lowest BCUT2D eigenvalue weighted by molar-refractivity contribution is 0.0771. The maximum absolute atomic E-state index is 12.6. The smallest absolute Gasteiger partial charge is 0.179 e. The number of hydrogen-bond donors (Lipinski definition) is 0. The number of hydrogen-bond acceptors (Lipinski definition) is 2. The summed E-state index contributed by atoms with van der Waals surface area (Å²) in [6.07, 6.45) is 3.53. The minimum absolute atomic E-state index is 0.0184. The van der Waals surface area contributed by atoms with Gasteiger partial charge in [0.15, 0.2) is 5.78 Å². The Morgan fingerprint density at radius 2 is 1.57 bits per heavy atom. The van der Waals surface area contributed by atoms with Gasteiger partial charge in [-0.15, -0.1) is 0 Å². The molecule has 1 fully saturated rings. The van der Waals surface area contributed by atoms with Crippen LogP contribution in [0.25, 0.3) is 0 Å². The van der Waals surface area contributed by atoms with Gasteiger partial charge in [-0.05, 0) is 50.8 Å². The molecule has 0 aromatic heterocycles. The first kappa shape index (κ1) is 15.9. The van der Waals surface area contributed by atoms with E-state index in [-0.39, 0.29) is 11.8 Å². The molecular formula is C21H25NO. The van der Waals surface area contributed by atoms with Crippen LogP contribution in [0.2, 0.25) is 0 Å². The van der Waals surface area contributed by atoms with Crippen molar-refractivity contribution in [3.63, 3.8) is 0 Å². The number of nitrogens with zero attached hydrogens (tertiary/aromatic N) is 1. The minimum Gasteiger partial charge on any atom is -0.293 e. The Labute approximate surface area is 139 Å². The van der Waals surface area contributed by atoms with Crippen molar-refractivity contribution in [1.29, 1.82) is 0 Å². The second-order valence-electron chi connectivity index (χ2n) is 6.58. The first-order valence-electron chi connectivity index (χ1n) is 8.61. The third-order valence-corrected chi connectivity index (χ3v) is 5.00. The first-order chi connectivity index (χ1) is 11.2. The van der Waals surface area contributed by atoms with Crippen molar-refractivity contribution >= 4 is 5.78 Å². The molecule has 2 aromatic rings. The Morgan fingerprint density at radius 1 is 1.00 bits per heavy atom. The van der Waals surface area contributed by atoms with E-state index >= 15 is 0 Å². The number of ketones is 1. The maximum Gasteiger partial charge on any atom is 0.179 e. The number of likely N-dealkylation sites (tertiary alicyclic amines) is 1. The summed E-state index contributed by atoms with van der Waals surface area (Å²) in [5.41, 5.74) is 2.26. The quantitative estimate of drug-likeness (QED) is 0.771. The predicted octanol–water partition coefficient (Wildman–Crippen LogP) is 4.21. The van der Waals surface area contributed by atoms with Gasteiger partial charge in [0.25, 0.3) is 0 Å². The van der Waals surface area contributed by atoms with Gasteiger partial charge >= 0.3 is 0 Å². The highest BCUT2D eigenvalue weighted by molar-refractivity contribution is 5.99. The van der Waals surface area contributed by atoms with Gasteiger partial charge < -0.3 is 0 Å². The molecule has 0 aliphatic carbocycles. The number of piperidine rings is 1. The summed E-state index contributed by atoms with van der Waals surface area (Å²) in [7, 11) is 0. The summed E-state index contributed by atoms with van der Waals surface area (Å²) in [4.78, 5) is 14.9. The molecule has 1 aliphatic rings. The van der Waals surface area contributed by atoms with Gasteiger partial charge in [0, 0.05) is 5.56 Å². The highest BCUT2D eigenvalue weighted by Gasteiger charge is 2.27. The summed E-state index contributed by atoms with van der Waals surface area (Å²) >= 11 is 0. The zero-order valence-electron chi connectivity index (χ0n) is 13.8. The molecule has 0 radical (unpaired) electrons. The van der Waals surface area contributed by atoms with Crippen LogP contribution in [0.3, 0.4) is 0 Å². The lowest BCUT2D eigenvalue weighted by Crippen LogP contribution is -2.44. The number of carbonyl (C=O) groups is 1. The van der Waals surface area contributed by atoms with Gasteiger partial charge in [0.2, 0.25) is 0 Å². The molecule has 2 nitrogen and oxygen atoms in total. The Bertz CT molecular complexity index is 615. The van der Waals surface area contributed by atoms with Crippen LogP contribution in [0.15, 0.2) is 60.7 Å². The van der Waals surface area contributed by atoms with Crippen LogP contribution in [0, 0.1) is 5.92 Å². The summed E-state index contributed by atoms with van der Waals surface area (Å²) in [6.45, 7) is 4.10. The topological polar surface area (TPSA) is 20.3 Å². The molecule has 1 unspecified atom stereocenters. The second-order valence-corrected chi connectivity index (χ2v) is 6.58. The third kappa shape index (κ3) is 4.08. The molecule has 3 rings (SSSR count). The van der Waals surface area contributed by atoms with Crippen LogP contribution in [0.1, 0.15) is 35.7 Å². The Hall–Kier alpha value is -1.93. The molecule has 1 saturated heterocycles. The van der Waals surface area contributed by atoms with Crippen LogP contribution >= 0.6 is 0 Å². The molecule has 1 aliphatic heterocycles. The summed E-state index contributed by atoms with van der Waals surface area (Å²) in [6, 6.07) is 20.4. The maximum atomic E-state index is 12.6. The van der Waals surface area contributed by atoms with E-state index in [1.54, 1.807) is 0 Å². The lowest BCUT2D eigenvalue weighted by atomic mass is 9.89. The van der Waals surface area contributed by atoms with Crippen LogP contribution in [0.4, 0.5) is 0 Å². The highest BCUT2D eigenvalue weighted by atomic mass is 16.1. The van der Waals surface area contributed by atoms with E-state index in [0.29, 0.717) is 0 Å². The Kier molecular flexibility index (Phi) is 5.24. The normalized spacial score (nSPS) is 17.8. The SMILES string of the molecule is CC(C(=O)c1ccccc1)N1CCC(Cc2ccccc2)CC1. The molecule has 0 spiro atoms. The molecule has 120 valence electrons. The molecule has 1 atom stereocenters. The number of carbonyl (C=O) groups excluding carboxylic acids is 1. The molecular weight excluding hydrogens is 282 g/mol. The predicted molar refractivity (Wildman–Crippen MR) is 94.7 cm³/mol. The molecule has 0 saturated carbocycles. The van der Waals surface area contributed by atoms with E-state index in [1.165, 1.54) is 18.4 Å². The monoisotopic (exact) mass is 307 g/mol. The number of rotatable bonds is 5. The van der Waals surface area contributed by atoms with Gasteiger partial charge in [-0.25, -0.2) is 0 Å². The van der Waals surface area contributed by atoms with Crippen LogP contribution in [-0.2, 0) is 6.42 Å².